The first-order chi connectivity index (χ1) is 8.56. The Morgan fingerprint density at radius 2 is 2.22 bits per heavy atom. The maximum absolute atomic E-state index is 6.14. The molecule has 1 aliphatic rings. The first kappa shape index (κ1) is 13.6. The van der Waals surface area contributed by atoms with Gasteiger partial charge < -0.3 is 11.1 Å². The minimum atomic E-state index is 0.344. The fourth-order valence-electron chi connectivity index (χ4n) is 2.34. The minimum Gasteiger partial charge on any atom is -0.389 e. The van der Waals surface area contributed by atoms with Crippen LogP contribution in [0, 0.1) is 5.41 Å². The maximum atomic E-state index is 6.14. The van der Waals surface area contributed by atoms with Crippen molar-refractivity contribution >= 4 is 34.5 Å². The number of nitrogens with one attached hydrogen (secondary N) is 1. The van der Waals surface area contributed by atoms with Crippen molar-refractivity contribution in [2.24, 2.45) is 11.1 Å². The molecule has 0 bridgehead atoms. The molecule has 0 heterocycles. The van der Waals surface area contributed by atoms with Gasteiger partial charge in [0.05, 0.1) is 5.02 Å². The summed E-state index contributed by atoms with van der Waals surface area (Å²) in [4.78, 5) is 0.344. The van der Waals surface area contributed by atoms with Crippen LogP contribution in [0.5, 0.6) is 0 Å². The molecule has 0 saturated heterocycles. The van der Waals surface area contributed by atoms with E-state index in [4.69, 9.17) is 29.6 Å². The fraction of sp³-hybridized carbons (Fsp3) is 0.500. The van der Waals surface area contributed by atoms with Crippen LogP contribution in [0.4, 0.5) is 5.69 Å². The minimum absolute atomic E-state index is 0.344. The topological polar surface area (TPSA) is 38.0 Å². The first-order valence-electron chi connectivity index (χ1n) is 6.39. The van der Waals surface area contributed by atoms with Gasteiger partial charge in [-0.05, 0) is 42.9 Å². The van der Waals surface area contributed by atoms with E-state index in [1.807, 2.05) is 18.2 Å². The number of benzene rings is 1. The number of anilines is 1. The van der Waals surface area contributed by atoms with Gasteiger partial charge in [-0.3, -0.25) is 0 Å². The van der Waals surface area contributed by atoms with Gasteiger partial charge >= 0.3 is 0 Å². The summed E-state index contributed by atoms with van der Waals surface area (Å²) in [6.45, 7) is 3.28. The van der Waals surface area contributed by atoms with Crippen molar-refractivity contribution in [1.82, 2.24) is 0 Å². The average molecular weight is 283 g/mol. The van der Waals surface area contributed by atoms with Crippen molar-refractivity contribution < 1.29 is 0 Å². The molecule has 0 radical (unpaired) electrons. The highest BCUT2D eigenvalue weighted by molar-refractivity contribution is 7.80. The van der Waals surface area contributed by atoms with Gasteiger partial charge in [0, 0.05) is 17.8 Å². The normalized spacial score (nSPS) is 16.3. The molecule has 0 aliphatic heterocycles. The molecule has 1 aromatic carbocycles. The fourth-order valence-corrected chi connectivity index (χ4v) is 2.85. The summed E-state index contributed by atoms with van der Waals surface area (Å²) in [7, 11) is 0. The molecule has 0 atom stereocenters. The van der Waals surface area contributed by atoms with Crippen LogP contribution >= 0.6 is 23.8 Å². The summed E-state index contributed by atoms with van der Waals surface area (Å²) in [5.74, 6) is 0. The van der Waals surface area contributed by atoms with Crippen LogP contribution < -0.4 is 11.1 Å². The number of nitrogens with two attached hydrogens (primary N) is 1. The molecule has 98 valence electrons. The number of hydrogen-bond donors (Lipinski definition) is 2. The highest BCUT2D eigenvalue weighted by Crippen LogP contribution is 2.49. The van der Waals surface area contributed by atoms with Gasteiger partial charge in [-0.2, -0.15) is 0 Å². The molecule has 1 saturated carbocycles. The van der Waals surface area contributed by atoms with E-state index in [9.17, 15) is 0 Å². The summed E-state index contributed by atoms with van der Waals surface area (Å²) >= 11 is 11.1. The summed E-state index contributed by atoms with van der Waals surface area (Å²) in [6, 6.07) is 5.77. The van der Waals surface area contributed by atoms with Crippen LogP contribution in [0.2, 0.25) is 5.02 Å². The van der Waals surface area contributed by atoms with Gasteiger partial charge in [-0.25, -0.2) is 0 Å². The second-order valence-corrected chi connectivity index (χ2v) is 6.01. The quantitative estimate of drug-likeness (QED) is 0.776. The Morgan fingerprint density at radius 1 is 1.50 bits per heavy atom. The Morgan fingerprint density at radius 3 is 2.72 bits per heavy atom. The number of thiocarbonyl (C=S) groups is 1. The molecule has 0 aromatic heterocycles. The number of halogens is 1. The Balaban J connectivity index is 1.98. The van der Waals surface area contributed by atoms with Crippen molar-refractivity contribution in [3.05, 3.63) is 28.8 Å². The summed E-state index contributed by atoms with van der Waals surface area (Å²) in [5, 5.41) is 4.09. The molecule has 0 spiro atoms. The van der Waals surface area contributed by atoms with Gasteiger partial charge in [0.25, 0.3) is 0 Å². The van der Waals surface area contributed by atoms with Crippen LogP contribution in [0.25, 0.3) is 0 Å². The summed E-state index contributed by atoms with van der Waals surface area (Å²) < 4.78 is 0. The van der Waals surface area contributed by atoms with E-state index in [1.165, 1.54) is 25.7 Å². The highest BCUT2D eigenvalue weighted by Gasteiger charge is 2.40. The van der Waals surface area contributed by atoms with Gasteiger partial charge in [0.15, 0.2) is 0 Å². The van der Waals surface area contributed by atoms with Crippen molar-refractivity contribution in [2.45, 2.75) is 32.6 Å². The number of rotatable bonds is 6. The molecule has 0 unspecified atom stereocenters. The van der Waals surface area contributed by atoms with Crippen LogP contribution in [0.1, 0.15) is 38.2 Å². The Hall–Kier alpha value is -0.800. The zero-order valence-electron chi connectivity index (χ0n) is 10.6. The smallest absolute Gasteiger partial charge is 0.105 e. The molecule has 4 heteroatoms. The monoisotopic (exact) mass is 282 g/mol. The molecule has 3 N–H and O–H groups in total. The van der Waals surface area contributed by atoms with Gasteiger partial charge in [0.1, 0.15) is 4.99 Å². The van der Waals surface area contributed by atoms with E-state index >= 15 is 0 Å². The predicted octanol–water partition coefficient (Wildman–Crippen LogP) is 3.97. The van der Waals surface area contributed by atoms with Crippen molar-refractivity contribution in [3.63, 3.8) is 0 Å². The van der Waals surface area contributed by atoms with Crippen LogP contribution in [-0.2, 0) is 0 Å². The molecule has 1 fully saturated rings. The van der Waals surface area contributed by atoms with Gasteiger partial charge in [0.2, 0.25) is 0 Å². The molecule has 2 nitrogen and oxygen atoms in total. The van der Waals surface area contributed by atoms with E-state index < -0.39 is 0 Å². The van der Waals surface area contributed by atoms with Gasteiger partial charge in [-0.1, -0.05) is 37.2 Å². The molecule has 18 heavy (non-hydrogen) atoms. The third-order valence-corrected chi connectivity index (χ3v) is 4.17. The Labute approximate surface area is 119 Å². The molecule has 0 amide bonds. The standard InChI is InChI=1S/C14H19ClN2S/c1-2-5-14(6-7-14)9-17-10-3-4-11(13(16)18)12(15)8-10/h3-4,8,17H,2,5-7,9H2,1H3,(H2,16,18). The van der Waals surface area contributed by atoms with Crippen LogP contribution in [0.3, 0.4) is 0 Å². The van der Waals surface area contributed by atoms with E-state index in [0.29, 0.717) is 15.4 Å². The first-order valence-corrected chi connectivity index (χ1v) is 7.18. The number of hydrogen-bond acceptors (Lipinski definition) is 2. The predicted molar refractivity (Wildman–Crippen MR) is 82.4 cm³/mol. The Bertz CT molecular complexity index is 455. The van der Waals surface area contributed by atoms with E-state index in [-0.39, 0.29) is 0 Å². The van der Waals surface area contributed by atoms with E-state index in [1.54, 1.807) is 0 Å². The second-order valence-electron chi connectivity index (χ2n) is 5.16. The largest absolute Gasteiger partial charge is 0.389 e. The molecule has 1 aliphatic carbocycles. The summed E-state index contributed by atoms with van der Waals surface area (Å²) in [6.07, 6.45) is 5.24. The SMILES string of the molecule is CCCC1(CNc2ccc(C(N)=S)c(Cl)c2)CC1. The second kappa shape index (κ2) is 5.45. The van der Waals surface area contributed by atoms with Crippen molar-refractivity contribution in [3.8, 4) is 0 Å². The van der Waals surface area contributed by atoms with Crippen LogP contribution in [-0.4, -0.2) is 11.5 Å². The molecular weight excluding hydrogens is 264 g/mol. The molecule has 1 aromatic rings. The lowest BCUT2D eigenvalue weighted by Crippen LogP contribution is -2.15. The highest BCUT2D eigenvalue weighted by atomic mass is 35.5. The van der Waals surface area contributed by atoms with Crippen LogP contribution in [0.15, 0.2) is 18.2 Å². The molecular formula is C14H19ClN2S. The van der Waals surface area contributed by atoms with E-state index in [0.717, 1.165) is 17.8 Å². The maximum Gasteiger partial charge on any atom is 0.105 e. The lowest BCUT2D eigenvalue weighted by Gasteiger charge is -2.16. The van der Waals surface area contributed by atoms with E-state index in [2.05, 4.69) is 12.2 Å². The lowest BCUT2D eigenvalue weighted by molar-refractivity contribution is 0.486. The zero-order valence-corrected chi connectivity index (χ0v) is 12.2. The lowest BCUT2D eigenvalue weighted by atomic mass is 10.0. The van der Waals surface area contributed by atoms with Crippen molar-refractivity contribution in [2.75, 3.05) is 11.9 Å². The average Bonchev–Trinajstić information content (AvgIpc) is 3.07. The van der Waals surface area contributed by atoms with Crippen molar-refractivity contribution in [1.29, 1.82) is 0 Å². The third-order valence-electron chi connectivity index (χ3n) is 3.64. The summed E-state index contributed by atoms with van der Waals surface area (Å²) in [5.41, 5.74) is 7.90. The third kappa shape index (κ3) is 3.15. The zero-order chi connectivity index (χ0) is 13.2. The Kier molecular flexibility index (Phi) is 4.13. The molecule has 2 rings (SSSR count). The van der Waals surface area contributed by atoms with Gasteiger partial charge in [-0.15, -0.1) is 0 Å².